The number of nitrogens with one attached hydrogen (secondary N) is 1. The van der Waals surface area contributed by atoms with E-state index in [1.165, 1.54) is 18.9 Å². The third kappa shape index (κ3) is 9.17. The van der Waals surface area contributed by atoms with Crippen molar-refractivity contribution < 1.29 is 33.3 Å². The smallest absolute Gasteiger partial charge is 0.251 e. The molecule has 1 atom stereocenters. The first-order chi connectivity index (χ1) is 15.1. The Balaban J connectivity index is 0.00000104. The fourth-order valence-corrected chi connectivity index (χ4v) is 2.60. The Kier molecular flexibility index (Phi) is 13.0. The molecule has 0 saturated carbocycles. The first kappa shape index (κ1) is 28.6. The molecular formula is C22H31F2N3O5. The van der Waals surface area contributed by atoms with Crippen LogP contribution >= 0.6 is 0 Å². The highest BCUT2D eigenvalue weighted by molar-refractivity contribution is 5.85. The molecule has 5 N–H and O–H groups in total. The predicted molar refractivity (Wildman–Crippen MR) is 119 cm³/mol. The number of anilines is 1. The second kappa shape index (κ2) is 14.6. The lowest BCUT2D eigenvalue weighted by molar-refractivity contribution is -0.138. The van der Waals surface area contributed by atoms with Crippen LogP contribution in [0.1, 0.15) is 32.8 Å². The van der Waals surface area contributed by atoms with Gasteiger partial charge in [-0.25, -0.2) is 8.78 Å². The number of nitrogens with two attached hydrogens (primary N) is 1. The largest absolute Gasteiger partial charge is 0.515 e. The minimum Gasteiger partial charge on any atom is -0.515 e. The Morgan fingerprint density at radius 3 is 2.22 bits per heavy atom. The third-order valence-corrected chi connectivity index (χ3v) is 4.01. The van der Waals surface area contributed by atoms with E-state index in [0.29, 0.717) is 24.8 Å². The zero-order valence-electron chi connectivity index (χ0n) is 18.7. The van der Waals surface area contributed by atoms with Crippen LogP contribution in [0.5, 0.6) is 0 Å². The fourth-order valence-electron chi connectivity index (χ4n) is 2.60. The lowest BCUT2D eigenvalue weighted by Gasteiger charge is -2.28. The molecule has 178 valence electrons. The first-order valence-corrected chi connectivity index (χ1v) is 9.86. The van der Waals surface area contributed by atoms with Crippen molar-refractivity contribution in [2.75, 3.05) is 25.5 Å². The van der Waals surface area contributed by atoms with Crippen molar-refractivity contribution in [1.82, 2.24) is 4.90 Å². The molecule has 10 heteroatoms. The monoisotopic (exact) mass is 455 g/mol. The molecule has 1 aromatic carbocycles. The molecule has 0 fully saturated rings. The summed E-state index contributed by atoms with van der Waals surface area (Å²) < 4.78 is 33.5. The maximum atomic E-state index is 14.3. The van der Waals surface area contributed by atoms with Crippen LogP contribution in [0.2, 0.25) is 0 Å². The van der Waals surface area contributed by atoms with E-state index < -0.39 is 29.6 Å². The second-order valence-electron chi connectivity index (χ2n) is 6.22. The van der Waals surface area contributed by atoms with Gasteiger partial charge >= 0.3 is 0 Å². The quantitative estimate of drug-likeness (QED) is 0.386. The van der Waals surface area contributed by atoms with Gasteiger partial charge in [-0.2, -0.15) is 0 Å². The van der Waals surface area contributed by atoms with Gasteiger partial charge in [0.15, 0.2) is 5.88 Å². The first-order valence-electron chi connectivity index (χ1n) is 9.86. The van der Waals surface area contributed by atoms with Crippen LogP contribution in [0.25, 0.3) is 5.57 Å². The minimum absolute atomic E-state index is 0.104. The molecule has 1 aliphatic heterocycles. The lowest BCUT2D eigenvalue weighted by atomic mass is 9.97. The number of nitrogens with zero attached hydrogens (tertiary/aromatic N) is 1. The highest BCUT2D eigenvalue weighted by Crippen LogP contribution is 2.30. The molecular weight excluding hydrogens is 424 g/mol. The Hall–Kier alpha value is -3.40. The summed E-state index contributed by atoms with van der Waals surface area (Å²) in [7, 11) is 1.39. The summed E-state index contributed by atoms with van der Waals surface area (Å²) in [5, 5.41) is 19.7. The summed E-state index contributed by atoms with van der Waals surface area (Å²) in [6, 6.07) is 2.33. The van der Waals surface area contributed by atoms with Crippen LogP contribution in [0.3, 0.4) is 0 Å². The van der Waals surface area contributed by atoms with E-state index in [1.54, 1.807) is 6.08 Å². The Labute approximate surface area is 186 Å². The second-order valence-corrected chi connectivity index (χ2v) is 6.22. The van der Waals surface area contributed by atoms with E-state index in [2.05, 4.69) is 17.6 Å². The number of hydrogen-bond donors (Lipinski definition) is 4. The van der Waals surface area contributed by atoms with Crippen molar-refractivity contribution >= 4 is 23.1 Å². The highest BCUT2D eigenvalue weighted by Gasteiger charge is 2.24. The number of hydrogen-bond acceptors (Lipinski definition) is 6. The molecule has 0 aliphatic carbocycles. The van der Waals surface area contributed by atoms with E-state index in [4.69, 9.17) is 9.84 Å². The van der Waals surface area contributed by atoms with Crippen molar-refractivity contribution in [3.05, 3.63) is 60.2 Å². The van der Waals surface area contributed by atoms with Gasteiger partial charge in [0, 0.05) is 30.4 Å². The topological polar surface area (TPSA) is 125 Å². The van der Waals surface area contributed by atoms with Crippen molar-refractivity contribution in [2.24, 2.45) is 5.73 Å². The van der Waals surface area contributed by atoms with E-state index in [0.717, 1.165) is 18.2 Å². The minimum atomic E-state index is -1.09. The molecule has 32 heavy (non-hydrogen) atoms. The number of primary amides is 1. The molecule has 1 aromatic rings. The molecule has 0 spiro atoms. The van der Waals surface area contributed by atoms with E-state index in [1.807, 2.05) is 13.8 Å². The number of halogens is 2. The predicted octanol–water partition coefficient (Wildman–Crippen LogP) is 3.06. The molecule has 0 aromatic heterocycles. The van der Waals surface area contributed by atoms with E-state index in [9.17, 15) is 23.5 Å². The summed E-state index contributed by atoms with van der Waals surface area (Å²) in [6.07, 6.45) is 2.28. The van der Waals surface area contributed by atoms with Gasteiger partial charge in [-0.1, -0.05) is 19.9 Å². The molecule has 2 amide bonds. The molecule has 2 rings (SSSR count). The standard InChI is InChI=1S/C17H20F2N2O3.C3H5NO2.C2H6/c1-10(22)17(23)21-6-4-12(5-7-21)16-14(18)8-13(9-15(16)19)20-11(2)24-3;4-3(6)1-2-5;1-2/h4,8-10,20,22H,2,5-7H2,1,3H3;1-2,5H,(H2,4,6);1-2H3/b;2-1-;. The number of carbonyl (C=O) groups is 2. The number of benzene rings is 1. The number of rotatable bonds is 6. The molecule has 0 radical (unpaired) electrons. The van der Waals surface area contributed by atoms with Gasteiger partial charge in [0.25, 0.3) is 5.91 Å². The average Bonchev–Trinajstić information content (AvgIpc) is 2.75. The van der Waals surface area contributed by atoms with Crippen LogP contribution in [0.4, 0.5) is 14.5 Å². The van der Waals surface area contributed by atoms with Crippen LogP contribution in [0.15, 0.2) is 43.0 Å². The average molecular weight is 456 g/mol. The maximum absolute atomic E-state index is 14.3. The van der Waals surface area contributed by atoms with Gasteiger partial charge in [-0.15, -0.1) is 0 Å². The van der Waals surface area contributed by atoms with Crippen molar-refractivity contribution in [1.29, 1.82) is 0 Å². The Morgan fingerprint density at radius 2 is 1.88 bits per heavy atom. The lowest BCUT2D eigenvalue weighted by Crippen LogP contribution is -2.40. The van der Waals surface area contributed by atoms with Crippen LogP contribution in [0, 0.1) is 11.6 Å². The number of ether oxygens (including phenoxy) is 1. The number of amides is 2. The van der Waals surface area contributed by atoms with Gasteiger partial charge in [0.2, 0.25) is 5.91 Å². The summed E-state index contributed by atoms with van der Waals surface area (Å²) >= 11 is 0. The van der Waals surface area contributed by atoms with Gasteiger partial charge < -0.3 is 30.9 Å². The van der Waals surface area contributed by atoms with Crippen LogP contribution in [-0.2, 0) is 14.3 Å². The highest BCUT2D eigenvalue weighted by atomic mass is 19.1. The molecule has 8 nitrogen and oxygen atoms in total. The van der Waals surface area contributed by atoms with Gasteiger partial charge in [0.05, 0.1) is 13.4 Å². The molecule has 1 unspecified atom stereocenters. The summed E-state index contributed by atoms with van der Waals surface area (Å²) in [6.45, 7) is 9.43. The number of carbonyl (C=O) groups excluding carboxylic acids is 2. The molecule has 1 aliphatic rings. The number of methoxy groups -OCH3 is 1. The van der Waals surface area contributed by atoms with Gasteiger partial charge in [-0.3, -0.25) is 9.59 Å². The van der Waals surface area contributed by atoms with Crippen LogP contribution < -0.4 is 11.1 Å². The summed E-state index contributed by atoms with van der Waals surface area (Å²) in [5.74, 6) is -2.28. The third-order valence-electron chi connectivity index (χ3n) is 4.01. The zero-order chi connectivity index (χ0) is 24.8. The van der Waals surface area contributed by atoms with Gasteiger partial charge in [-0.05, 0) is 37.6 Å². The number of aliphatic hydroxyl groups excluding tert-OH is 2. The van der Waals surface area contributed by atoms with Crippen molar-refractivity contribution in [3.63, 3.8) is 0 Å². The maximum Gasteiger partial charge on any atom is 0.251 e. The van der Waals surface area contributed by atoms with Crippen molar-refractivity contribution in [3.8, 4) is 0 Å². The van der Waals surface area contributed by atoms with Crippen molar-refractivity contribution in [2.45, 2.75) is 33.3 Å². The number of aliphatic hydroxyl groups is 2. The van der Waals surface area contributed by atoms with Crippen LogP contribution in [-0.4, -0.2) is 53.2 Å². The fraction of sp³-hybridized carbons (Fsp3) is 0.364. The normalized spacial score (nSPS) is 13.6. The molecule has 0 bridgehead atoms. The zero-order valence-corrected chi connectivity index (χ0v) is 18.7. The van der Waals surface area contributed by atoms with E-state index >= 15 is 0 Å². The van der Waals surface area contributed by atoms with Gasteiger partial charge in [0.1, 0.15) is 17.7 Å². The molecule has 1 heterocycles. The Morgan fingerprint density at radius 1 is 1.31 bits per heavy atom. The summed E-state index contributed by atoms with van der Waals surface area (Å²) in [5.41, 5.74) is 5.11. The molecule has 0 saturated heterocycles. The Bertz CT molecular complexity index is 831. The summed E-state index contributed by atoms with van der Waals surface area (Å²) in [4.78, 5) is 22.7. The van der Waals surface area contributed by atoms with E-state index in [-0.39, 0.29) is 23.7 Å². The SMILES string of the molecule is C=C(Nc1cc(F)c(C2=CCN(C(=O)C(C)O)CC2)c(F)c1)OC.CC.NC(=O)/C=C\O.